The molecule has 0 saturated carbocycles. The summed E-state index contributed by atoms with van der Waals surface area (Å²) in [5, 5.41) is 28.2. The second-order valence-electron chi connectivity index (χ2n) is 10.9. The third-order valence-corrected chi connectivity index (χ3v) is 9.64. The van der Waals surface area contributed by atoms with Crippen LogP contribution in [0, 0.1) is 13.8 Å². The number of phenols is 1. The van der Waals surface area contributed by atoms with E-state index in [9.17, 15) is 18.3 Å². The number of hydrogen-bond donors (Lipinski definition) is 2. The second-order valence-corrected chi connectivity index (χ2v) is 12.8. The number of aliphatic hydroxyl groups excluding tert-OH is 1. The number of fused-ring (bicyclic) bond motifs is 2. The summed E-state index contributed by atoms with van der Waals surface area (Å²) in [6.07, 6.45) is 1.47. The summed E-state index contributed by atoms with van der Waals surface area (Å²) in [5.41, 5.74) is 5.84. The SMILES string of the molecule is CCOC(=O)CC(c1cc(C)c(Cl)c(CN2Cc3cc(O)ccc3OS2(=O)=O)c1)c1ccc2c(nnn2CCCCO)c1C. The molecule has 1 atom stereocenters. The van der Waals surface area contributed by atoms with Crippen molar-refractivity contribution >= 4 is 38.9 Å². The maximum Gasteiger partial charge on any atom is 0.385 e. The minimum Gasteiger partial charge on any atom is -0.508 e. The highest BCUT2D eigenvalue weighted by Gasteiger charge is 2.33. The average molecular weight is 643 g/mol. The Morgan fingerprint density at radius 1 is 1.16 bits per heavy atom. The zero-order chi connectivity index (χ0) is 31.6. The van der Waals surface area contributed by atoms with Gasteiger partial charge in [-0.25, -0.2) is 4.68 Å². The Morgan fingerprint density at radius 2 is 1.95 bits per heavy atom. The fourth-order valence-corrected chi connectivity index (χ4v) is 6.87. The molecule has 2 N–H and O–H groups in total. The van der Waals surface area contributed by atoms with Crippen LogP contribution in [0.1, 0.15) is 65.5 Å². The molecule has 0 spiro atoms. The molecule has 0 fully saturated rings. The molecular weight excluding hydrogens is 608 g/mol. The Bertz CT molecular complexity index is 1810. The van der Waals surface area contributed by atoms with Gasteiger partial charge in [-0.15, -0.1) is 5.10 Å². The molecule has 1 aliphatic rings. The van der Waals surface area contributed by atoms with Crippen molar-refractivity contribution in [3.63, 3.8) is 0 Å². The molecule has 0 saturated heterocycles. The van der Waals surface area contributed by atoms with E-state index in [4.69, 9.17) is 25.6 Å². The molecule has 13 heteroatoms. The Hall–Kier alpha value is -3.71. The summed E-state index contributed by atoms with van der Waals surface area (Å²) in [6.45, 7) is 6.40. The van der Waals surface area contributed by atoms with Gasteiger partial charge in [-0.1, -0.05) is 35.0 Å². The molecular formula is C31H35ClN4O7S. The standard InChI is InChI=1S/C31H35ClN4O7S/c1-4-42-29(39)16-26(25-8-9-27-31(20(25)3)33-34-36(27)11-5-6-12-37)21-13-19(2)30(32)23(14-21)18-35-17-22-15-24(38)7-10-28(22)43-44(35,40)41/h7-10,13-15,26,37-38H,4-6,11-12,16-18H2,1-3H3. The number of hydrogen-bond acceptors (Lipinski definition) is 9. The van der Waals surface area contributed by atoms with Crippen LogP contribution in [0.15, 0.2) is 42.5 Å². The Labute approximate surface area is 261 Å². The Kier molecular flexibility index (Phi) is 9.45. The van der Waals surface area contributed by atoms with Gasteiger partial charge in [0.1, 0.15) is 17.0 Å². The number of ether oxygens (including phenoxy) is 1. The smallest absolute Gasteiger partial charge is 0.385 e. The number of nitrogens with zero attached hydrogens (tertiary/aromatic N) is 4. The summed E-state index contributed by atoms with van der Waals surface area (Å²) >= 11 is 6.74. The van der Waals surface area contributed by atoms with Gasteiger partial charge in [-0.05, 0) is 85.7 Å². The van der Waals surface area contributed by atoms with Gasteiger partial charge in [0.05, 0.1) is 18.5 Å². The number of aromatic hydroxyl groups is 1. The van der Waals surface area contributed by atoms with Crippen molar-refractivity contribution < 1.29 is 32.3 Å². The summed E-state index contributed by atoms with van der Waals surface area (Å²) in [4.78, 5) is 12.9. The van der Waals surface area contributed by atoms with Gasteiger partial charge in [-0.2, -0.15) is 12.7 Å². The molecule has 0 radical (unpaired) electrons. The Morgan fingerprint density at radius 3 is 2.70 bits per heavy atom. The van der Waals surface area contributed by atoms with Crippen LogP contribution in [-0.4, -0.2) is 57.1 Å². The minimum atomic E-state index is -4.14. The predicted molar refractivity (Wildman–Crippen MR) is 165 cm³/mol. The van der Waals surface area contributed by atoms with Crippen LogP contribution in [0.2, 0.25) is 5.02 Å². The molecule has 0 amide bonds. The molecule has 3 aromatic carbocycles. The van der Waals surface area contributed by atoms with Gasteiger partial charge in [0.25, 0.3) is 0 Å². The van der Waals surface area contributed by atoms with E-state index in [1.165, 1.54) is 18.2 Å². The van der Waals surface area contributed by atoms with Crippen LogP contribution < -0.4 is 4.18 Å². The van der Waals surface area contributed by atoms with E-state index < -0.39 is 16.2 Å². The van der Waals surface area contributed by atoms with Crippen molar-refractivity contribution in [2.75, 3.05) is 13.2 Å². The maximum atomic E-state index is 13.1. The van der Waals surface area contributed by atoms with E-state index in [0.717, 1.165) is 38.5 Å². The first-order valence-electron chi connectivity index (χ1n) is 14.4. The average Bonchev–Trinajstić information content (AvgIpc) is 3.39. The number of unbranched alkanes of at least 4 members (excludes halogenated alkanes) is 1. The van der Waals surface area contributed by atoms with Crippen LogP contribution in [0.25, 0.3) is 11.0 Å². The number of benzene rings is 3. The fourth-order valence-electron chi connectivity index (χ4n) is 5.61. The quantitative estimate of drug-likeness (QED) is 0.172. The van der Waals surface area contributed by atoms with E-state index in [-0.39, 0.29) is 50.2 Å². The third-order valence-electron chi connectivity index (χ3n) is 7.82. The lowest BCUT2D eigenvalue weighted by atomic mass is 9.84. The zero-order valence-corrected chi connectivity index (χ0v) is 26.4. The van der Waals surface area contributed by atoms with Gasteiger partial charge in [0.15, 0.2) is 0 Å². The van der Waals surface area contributed by atoms with E-state index in [2.05, 4.69) is 10.3 Å². The monoisotopic (exact) mass is 642 g/mol. The number of esters is 1. The molecule has 1 aliphatic heterocycles. The second kappa shape index (κ2) is 13.1. The number of carbonyl (C=O) groups is 1. The highest BCUT2D eigenvalue weighted by molar-refractivity contribution is 7.84. The van der Waals surface area contributed by atoms with Gasteiger partial charge in [-0.3, -0.25) is 4.79 Å². The van der Waals surface area contributed by atoms with Crippen molar-refractivity contribution in [2.45, 2.75) is 65.6 Å². The molecule has 234 valence electrons. The van der Waals surface area contributed by atoms with Crippen LogP contribution in [0.5, 0.6) is 11.5 Å². The number of aliphatic hydroxyl groups is 1. The molecule has 4 aromatic rings. The number of rotatable bonds is 11. The van der Waals surface area contributed by atoms with Gasteiger partial charge >= 0.3 is 16.3 Å². The highest BCUT2D eigenvalue weighted by Crippen LogP contribution is 2.38. The van der Waals surface area contributed by atoms with Gasteiger partial charge in [0.2, 0.25) is 0 Å². The summed E-state index contributed by atoms with van der Waals surface area (Å²) in [5.74, 6) is -0.649. The highest BCUT2D eigenvalue weighted by atomic mass is 35.5. The zero-order valence-electron chi connectivity index (χ0n) is 24.8. The molecule has 0 bridgehead atoms. The van der Waals surface area contributed by atoms with Crippen LogP contribution in [-0.2, 0) is 39.5 Å². The van der Waals surface area contributed by atoms with Gasteiger partial charge in [0, 0.05) is 42.7 Å². The van der Waals surface area contributed by atoms with E-state index in [1.807, 2.05) is 42.8 Å². The number of carbonyl (C=O) groups excluding carboxylic acids is 1. The molecule has 11 nitrogen and oxygen atoms in total. The van der Waals surface area contributed by atoms with E-state index in [1.54, 1.807) is 6.92 Å². The predicted octanol–water partition coefficient (Wildman–Crippen LogP) is 4.90. The number of aromatic nitrogens is 3. The largest absolute Gasteiger partial charge is 0.508 e. The van der Waals surface area contributed by atoms with Crippen molar-refractivity contribution in [3.05, 3.63) is 80.9 Å². The first-order chi connectivity index (χ1) is 21.0. The third kappa shape index (κ3) is 6.53. The van der Waals surface area contributed by atoms with E-state index >= 15 is 0 Å². The summed E-state index contributed by atoms with van der Waals surface area (Å²) in [6, 6.07) is 11.9. The summed E-state index contributed by atoms with van der Waals surface area (Å²) in [7, 11) is -4.14. The normalized spacial score (nSPS) is 15.1. The number of halogens is 1. The Balaban J connectivity index is 1.54. The lowest BCUT2D eigenvalue weighted by molar-refractivity contribution is -0.143. The van der Waals surface area contributed by atoms with Crippen molar-refractivity contribution in [3.8, 4) is 11.5 Å². The van der Waals surface area contributed by atoms with E-state index in [0.29, 0.717) is 34.6 Å². The molecule has 1 aromatic heterocycles. The fraction of sp³-hybridized carbons (Fsp3) is 0.387. The van der Waals surface area contributed by atoms with Crippen LogP contribution in [0.3, 0.4) is 0 Å². The number of phenolic OH excluding ortho intramolecular Hbond substituents is 1. The van der Waals surface area contributed by atoms with Crippen molar-refractivity contribution in [1.29, 1.82) is 0 Å². The molecule has 2 heterocycles. The van der Waals surface area contributed by atoms with Crippen molar-refractivity contribution in [2.24, 2.45) is 0 Å². The van der Waals surface area contributed by atoms with Crippen LogP contribution >= 0.6 is 11.6 Å². The first kappa shape index (κ1) is 31.7. The summed E-state index contributed by atoms with van der Waals surface area (Å²) < 4.78 is 39.7. The molecule has 0 aliphatic carbocycles. The van der Waals surface area contributed by atoms with Gasteiger partial charge < -0.3 is 19.1 Å². The number of aryl methyl sites for hydroxylation is 3. The lowest BCUT2D eigenvalue weighted by Gasteiger charge is -2.29. The maximum absolute atomic E-state index is 13.1. The molecule has 44 heavy (non-hydrogen) atoms. The van der Waals surface area contributed by atoms with Crippen molar-refractivity contribution in [1.82, 2.24) is 19.3 Å². The molecule has 1 unspecified atom stereocenters. The topological polar surface area (TPSA) is 144 Å². The van der Waals surface area contributed by atoms with Crippen LogP contribution in [0.4, 0.5) is 0 Å². The first-order valence-corrected chi connectivity index (χ1v) is 16.2. The lowest BCUT2D eigenvalue weighted by Crippen LogP contribution is -2.37. The molecule has 5 rings (SSSR count). The minimum absolute atomic E-state index is 0.00168.